The summed E-state index contributed by atoms with van der Waals surface area (Å²) in [5, 5.41) is -0.380. The minimum Gasteiger partial charge on any atom is -0.371 e. The maximum Gasteiger partial charge on any atom is 0.228 e. The first-order valence-corrected chi connectivity index (χ1v) is 7.48. The molecule has 0 bridgehead atoms. The van der Waals surface area contributed by atoms with Crippen molar-refractivity contribution in [2.24, 2.45) is 0 Å². The van der Waals surface area contributed by atoms with Gasteiger partial charge in [-0.05, 0) is 5.56 Å². The van der Waals surface area contributed by atoms with Gasteiger partial charge in [0, 0.05) is 13.1 Å². The summed E-state index contributed by atoms with van der Waals surface area (Å²) in [6.45, 7) is 1.10. The highest BCUT2D eigenvalue weighted by atomic mass is 35.5. The summed E-state index contributed by atoms with van der Waals surface area (Å²) < 4.78 is 30.3. The van der Waals surface area contributed by atoms with E-state index in [4.69, 9.17) is 16.3 Å². The molecule has 6 heteroatoms. The van der Waals surface area contributed by atoms with Crippen LogP contribution in [0.3, 0.4) is 0 Å². The summed E-state index contributed by atoms with van der Waals surface area (Å²) in [7, 11) is -3.34. The Hall–Kier alpha value is -0.620. The molecular formula is C11H14ClNO3S. The minimum atomic E-state index is -3.34. The van der Waals surface area contributed by atoms with Crippen molar-refractivity contribution >= 4 is 21.6 Å². The van der Waals surface area contributed by atoms with Gasteiger partial charge in [0.25, 0.3) is 0 Å². The first kappa shape index (κ1) is 12.8. The monoisotopic (exact) mass is 275 g/mol. The predicted octanol–water partition coefficient (Wildman–Crippen LogP) is 1.59. The Morgan fingerprint density at radius 1 is 1.35 bits per heavy atom. The fraction of sp³-hybridized carbons (Fsp3) is 0.455. The van der Waals surface area contributed by atoms with Gasteiger partial charge < -0.3 is 4.74 Å². The molecule has 4 nitrogen and oxygen atoms in total. The molecule has 17 heavy (non-hydrogen) atoms. The van der Waals surface area contributed by atoms with Crippen LogP contribution in [0.4, 0.5) is 0 Å². The molecule has 1 heterocycles. The molecule has 1 saturated heterocycles. The van der Waals surface area contributed by atoms with Gasteiger partial charge in [-0.3, -0.25) is 0 Å². The lowest BCUT2D eigenvalue weighted by molar-refractivity contribution is -0.00240. The minimum absolute atomic E-state index is 0.206. The highest BCUT2D eigenvalue weighted by Crippen LogP contribution is 2.23. The lowest BCUT2D eigenvalue weighted by Crippen LogP contribution is -2.42. The van der Waals surface area contributed by atoms with Gasteiger partial charge in [-0.25, -0.2) is 8.42 Å². The number of hydrogen-bond acceptors (Lipinski definition) is 3. The molecule has 0 saturated carbocycles. The highest BCUT2D eigenvalue weighted by molar-refractivity contribution is 7.90. The van der Waals surface area contributed by atoms with E-state index in [0.29, 0.717) is 19.7 Å². The third-order valence-electron chi connectivity index (χ3n) is 2.73. The van der Waals surface area contributed by atoms with Crippen molar-refractivity contribution in [3.05, 3.63) is 35.9 Å². The summed E-state index contributed by atoms with van der Waals surface area (Å²) in [6, 6.07) is 9.60. The van der Waals surface area contributed by atoms with E-state index in [9.17, 15) is 8.42 Å². The number of ether oxygens (including phenoxy) is 1. The molecule has 0 radical (unpaired) electrons. The molecular weight excluding hydrogens is 262 g/mol. The Labute approximate surface area is 106 Å². The molecule has 0 N–H and O–H groups in total. The molecule has 94 valence electrons. The van der Waals surface area contributed by atoms with E-state index in [1.807, 2.05) is 30.3 Å². The lowest BCUT2D eigenvalue weighted by atomic mass is 10.1. The van der Waals surface area contributed by atoms with Crippen LogP contribution >= 0.6 is 11.6 Å². The Balaban J connectivity index is 2.13. The zero-order valence-corrected chi connectivity index (χ0v) is 10.8. The van der Waals surface area contributed by atoms with Gasteiger partial charge in [-0.2, -0.15) is 4.31 Å². The molecule has 0 amide bonds. The Kier molecular flexibility index (Phi) is 4.04. The SMILES string of the molecule is O=S(=O)(CCl)N1CCOC(c2ccccc2)C1. The average molecular weight is 276 g/mol. The number of halogens is 1. The summed E-state index contributed by atoms with van der Waals surface area (Å²) in [6.07, 6.45) is -0.206. The molecule has 1 atom stereocenters. The van der Waals surface area contributed by atoms with E-state index < -0.39 is 10.0 Å². The zero-order valence-electron chi connectivity index (χ0n) is 9.25. The van der Waals surface area contributed by atoms with Crippen LogP contribution in [0.2, 0.25) is 0 Å². The Morgan fingerprint density at radius 3 is 2.71 bits per heavy atom. The quantitative estimate of drug-likeness (QED) is 0.787. The van der Waals surface area contributed by atoms with Crippen LogP contribution in [0.1, 0.15) is 11.7 Å². The van der Waals surface area contributed by atoms with Gasteiger partial charge in [-0.15, -0.1) is 11.6 Å². The van der Waals surface area contributed by atoms with Crippen LogP contribution in [-0.2, 0) is 14.8 Å². The Morgan fingerprint density at radius 2 is 2.06 bits per heavy atom. The van der Waals surface area contributed by atoms with Crippen molar-refractivity contribution in [2.45, 2.75) is 6.10 Å². The van der Waals surface area contributed by atoms with E-state index >= 15 is 0 Å². The molecule has 1 aliphatic heterocycles. The van der Waals surface area contributed by atoms with Gasteiger partial charge in [0.05, 0.1) is 12.7 Å². The van der Waals surface area contributed by atoms with Crippen molar-refractivity contribution in [1.29, 1.82) is 0 Å². The molecule has 2 rings (SSSR count). The molecule has 0 aromatic heterocycles. The topological polar surface area (TPSA) is 46.6 Å². The second-order valence-electron chi connectivity index (χ2n) is 3.85. The lowest BCUT2D eigenvalue weighted by Gasteiger charge is -2.31. The highest BCUT2D eigenvalue weighted by Gasteiger charge is 2.29. The Bertz CT molecular complexity index is 463. The second-order valence-corrected chi connectivity index (χ2v) is 6.40. The number of hydrogen-bond donors (Lipinski definition) is 0. The fourth-order valence-corrected chi connectivity index (χ4v) is 3.08. The molecule has 0 aliphatic carbocycles. The van der Waals surface area contributed by atoms with Crippen LogP contribution in [0, 0.1) is 0 Å². The molecule has 1 aromatic rings. The molecule has 1 aliphatic rings. The summed E-state index contributed by atoms with van der Waals surface area (Å²) in [4.78, 5) is 0. The van der Waals surface area contributed by atoms with Gasteiger partial charge in [-0.1, -0.05) is 30.3 Å². The maximum atomic E-state index is 11.7. The second kappa shape index (κ2) is 5.35. The maximum absolute atomic E-state index is 11.7. The van der Waals surface area contributed by atoms with Crippen molar-refractivity contribution in [1.82, 2.24) is 4.31 Å². The summed E-state index contributed by atoms with van der Waals surface area (Å²) in [5.74, 6) is 0. The van der Waals surface area contributed by atoms with Crippen LogP contribution in [0.5, 0.6) is 0 Å². The molecule has 1 unspecified atom stereocenters. The van der Waals surface area contributed by atoms with Gasteiger partial charge in [0.2, 0.25) is 10.0 Å². The smallest absolute Gasteiger partial charge is 0.228 e. The van der Waals surface area contributed by atoms with Crippen molar-refractivity contribution in [3.63, 3.8) is 0 Å². The zero-order chi connectivity index (χ0) is 12.3. The summed E-state index contributed by atoms with van der Waals surface area (Å²) in [5.41, 5.74) is 0.988. The number of morpholine rings is 1. The van der Waals surface area contributed by atoms with Gasteiger partial charge in [0.15, 0.2) is 0 Å². The summed E-state index contributed by atoms with van der Waals surface area (Å²) >= 11 is 5.45. The fourth-order valence-electron chi connectivity index (χ4n) is 1.82. The third-order valence-corrected chi connectivity index (χ3v) is 4.95. The number of nitrogens with zero attached hydrogens (tertiary/aromatic N) is 1. The first-order chi connectivity index (χ1) is 8.13. The van der Waals surface area contributed by atoms with E-state index in [1.54, 1.807) is 0 Å². The predicted molar refractivity (Wildman–Crippen MR) is 66.3 cm³/mol. The number of alkyl halides is 1. The average Bonchev–Trinajstić information content (AvgIpc) is 2.40. The van der Waals surface area contributed by atoms with E-state index in [-0.39, 0.29) is 11.3 Å². The third kappa shape index (κ3) is 2.98. The normalized spacial score (nSPS) is 22.5. The van der Waals surface area contributed by atoms with E-state index in [0.717, 1.165) is 5.56 Å². The first-order valence-electron chi connectivity index (χ1n) is 5.34. The van der Waals surface area contributed by atoms with Gasteiger partial charge in [0.1, 0.15) is 5.21 Å². The van der Waals surface area contributed by atoms with E-state index in [2.05, 4.69) is 0 Å². The van der Waals surface area contributed by atoms with Gasteiger partial charge >= 0.3 is 0 Å². The number of rotatable bonds is 3. The van der Waals surface area contributed by atoms with Crippen molar-refractivity contribution in [2.75, 3.05) is 24.9 Å². The van der Waals surface area contributed by atoms with E-state index in [1.165, 1.54) is 4.31 Å². The molecule has 0 spiro atoms. The van der Waals surface area contributed by atoms with Crippen LogP contribution < -0.4 is 0 Å². The number of sulfonamides is 1. The van der Waals surface area contributed by atoms with Crippen molar-refractivity contribution in [3.8, 4) is 0 Å². The molecule has 1 fully saturated rings. The van der Waals surface area contributed by atoms with Crippen molar-refractivity contribution < 1.29 is 13.2 Å². The standard InChI is InChI=1S/C11H14ClNO3S/c12-9-17(14,15)13-6-7-16-11(8-13)10-4-2-1-3-5-10/h1-5,11H,6-9H2. The largest absolute Gasteiger partial charge is 0.371 e. The molecule has 1 aromatic carbocycles. The van der Waals surface area contributed by atoms with Crippen LogP contribution in [-0.4, -0.2) is 37.6 Å². The number of benzene rings is 1. The van der Waals surface area contributed by atoms with Crippen LogP contribution in [0.15, 0.2) is 30.3 Å². The van der Waals surface area contributed by atoms with Crippen LogP contribution in [0.25, 0.3) is 0 Å².